The van der Waals surface area contributed by atoms with Crippen LogP contribution in [0, 0.1) is 5.92 Å². The molecule has 2 aromatic rings. The van der Waals surface area contributed by atoms with Crippen LogP contribution in [-0.4, -0.2) is 20.9 Å². The van der Waals surface area contributed by atoms with Gasteiger partial charge in [0, 0.05) is 24.7 Å². The summed E-state index contributed by atoms with van der Waals surface area (Å²) in [6.07, 6.45) is 1.83. The number of hydrogen-bond acceptors (Lipinski definition) is 3. The van der Waals surface area contributed by atoms with Gasteiger partial charge in [-0.25, -0.2) is 13.1 Å². The van der Waals surface area contributed by atoms with Gasteiger partial charge in [-0.3, -0.25) is 4.79 Å². The Morgan fingerprint density at radius 2 is 1.86 bits per heavy atom. The van der Waals surface area contributed by atoms with Crippen molar-refractivity contribution >= 4 is 21.6 Å². The number of hydrogen-bond donors (Lipinski definition) is 1. The molecule has 1 amide bonds. The van der Waals surface area contributed by atoms with Gasteiger partial charge in [0.25, 0.3) is 0 Å². The number of fused-ring (bicyclic) bond motifs is 1. The van der Waals surface area contributed by atoms with Crippen molar-refractivity contribution in [3.63, 3.8) is 0 Å². The molecule has 0 bridgehead atoms. The zero-order valence-electron chi connectivity index (χ0n) is 16.7. The Morgan fingerprint density at radius 3 is 2.50 bits per heavy atom. The lowest BCUT2D eigenvalue weighted by Gasteiger charge is -2.21. The molecule has 2 aromatic carbocycles. The maximum absolute atomic E-state index is 13.1. The normalized spacial score (nSPS) is 14.9. The van der Waals surface area contributed by atoms with E-state index < -0.39 is 10.0 Å². The molecule has 28 heavy (non-hydrogen) atoms. The first-order valence-corrected chi connectivity index (χ1v) is 11.3. The van der Waals surface area contributed by atoms with Crippen LogP contribution in [0.2, 0.25) is 0 Å². The average molecular weight is 401 g/mol. The molecule has 1 aliphatic rings. The van der Waals surface area contributed by atoms with Gasteiger partial charge < -0.3 is 4.90 Å². The monoisotopic (exact) mass is 400 g/mol. The van der Waals surface area contributed by atoms with Crippen molar-refractivity contribution in [2.24, 2.45) is 5.92 Å². The molecular weight excluding hydrogens is 372 g/mol. The topological polar surface area (TPSA) is 66.5 Å². The van der Waals surface area contributed by atoms with Crippen molar-refractivity contribution in [3.8, 4) is 0 Å². The molecular formula is C22H28N2O3S. The Morgan fingerprint density at radius 1 is 1.14 bits per heavy atom. The molecule has 0 aliphatic carbocycles. The predicted molar refractivity (Wildman–Crippen MR) is 112 cm³/mol. The SMILES string of the molecule is CCC(=O)N1CCc2cc(S(=O)(=O)NC(CC(C)C)c3ccccc3)ccc21. The Balaban J connectivity index is 1.87. The standard InChI is InChI=1S/C22H28N2O3S/c1-4-22(25)24-13-12-18-15-19(10-11-21(18)24)28(26,27)23-20(14-16(2)3)17-8-6-5-7-9-17/h5-11,15-16,20,23H,4,12-14H2,1-3H3. The molecule has 0 saturated heterocycles. The van der Waals surface area contributed by atoms with Crippen LogP contribution in [0.5, 0.6) is 0 Å². The molecule has 3 rings (SSSR count). The van der Waals surface area contributed by atoms with E-state index in [2.05, 4.69) is 18.6 Å². The molecule has 1 N–H and O–H groups in total. The molecule has 0 aromatic heterocycles. The molecule has 5 nitrogen and oxygen atoms in total. The lowest BCUT2D eigenvalue weighted by Crippen LogP contribution is -2.30. The van der Waals surface area contributed by atoms with Crippen molar-refractivity contribution in [1.29, 1.82) is 0 Å². The molecule has 1 atom stereocenters. The molecule has 6 heteroatoms. The van der Waals surface area contributed by atoms with E-state index in [0.717, 1.165) is 16.8 Å². The minimum absolute atomic E-state index is 0.0635. The van der Waals surface area contributed by atoms with Gasteiger partial charge in [0.05, 0.1) is 4.90 Å². The lowest BCUT2D eigenvalue weighted by atomic mass is 9.98. The van der Waals surface area contributed by atoms with E-state index in [9.17, 15) is 13.2 Å². The van der Waals surface area contributed by atoms with Crippen molar-refractivity contribution in [3.05, 3.63) is 59.7 Å². The van der Waals surface area contributed by atoms with Gasteiger partial charge in [0.2, 0.25) is 15.9 Å². The Bertz CT molecular complexity index is 940. The smallest absolute Gasteiger partial charge is 0.241 e. The highest BCUT2D eigenvalue weighted by atomic mass is 32.2. The summed E-state index contributed by atoms with van der Waals surface area (Å²) in [6.45, 7) is 6.61. The maximum Gasteiger partial charge on any atom is 0.241 e. The zero-order chi connectivity index (χ0) is 20.3. The van der Waals surface area contributed by atoms with Crippen molar-refractivity contribution in [2.45, 2.75) is 51.0 Å². The quantitative estimate of drug-likeness (QED) is 0.762. The second-order valence-corrected chi connectivity index (χ2v) is 9.37. The molecule has 0 radical (unpaired) electrons. The predicted octanol–water partition coefficient (Wildman–Crippen LogP) is 4.05. The summed E-state index contributed by atoms with van der Waals surface area (Å²) in [5.74, 6) is 0.412. The third kappa shape index (κ3) is 4.45. The van der Waals surface area contributed by atoms with Crippen molar-refractivity contribution < 1.29 is 13.2 Å². The Hall–Kier alpha value is -2.18. The molecule has 0 fully saturated rings. The van der Waals surface area contributed by atoms with Gasteiger partial charge in [-0.1, -0.05) is 51.1 Å². The van der Waals surface area contributed by atoms with E-state index in [-0.39, 0.29) is 16.8 Å². The molecule has 1 unspecified atom stereocenters. The Labute approximate surface area is 167 Å². The Kier molecular flexibility index (Phi) is 6.20. The first-order chi connectivity index (χ1) is 13.3. The molecule has 150 valence electrons. The van der Waals surface area contributed by atoms with Gasteiger partial charge >= 0.3 is 0 Å². The first kappa shape index (κ1) is 20.6. The summed E-state index contributed by atoms with van der Waals surface area (Å²) >= 11 is 0. The minimum Gasteiger partial charge on any atom is -0.312 e. The number of rotatable bonds is 7. The molecule has 0 saturated carbocycles. The van der Waals surface area contributed by atoms with Crippen LogP contribution in [0.4, 0.5) is 5.69 Å². The van der Waals surface area contributed by atoms with E-state index in [0.29, 0.717) is 31.7 Å². The summed E-state index contributed by atoms with van der Waals surface area (Å²) in [4.78, 5) is 14.1. The number of sulfonamides is 1. The summed E-state index contributed by atoms with van der Waals surface area (Å²) in [7, 11) is -3.67. The second kappa shape index (κ2) is 8.45. The number of amides is 1. The third-order valence-corrected chi connectivity index (χ3v) is 6.54. The average Bonchev–Trinajstić information content (AvgIpc) is 3.10. The van der Waals surface area contributed by atoms with E-state index in [1.807, 2.05) is 37.3 Å². The highest BCUT2D eigenvalue weighted by Gasteiger charge is 2.27. The van der Waals surface area contributed by atoms with Crippen LogP contribution in [0.25, 0.3) is 0 Å². The van der Waals surface area contributed by atoms with E-state index in [1.54, 1.807) is 23.1 Å². The number of carbonyl (C=O) groups excluding carboxylic acids is 1. The maximum atomic E-state index is 13.1. The second-order valence-electron chi connectivity index (χ2n) is 7.65. The van der Waals surface area contributed by atoms with E-state index in [1.165, 1.54) is 0 Å². The highest BCUT2D eigenvalue weighted by Crippen LogP contribution is 2.31. The van der Waals surface area contributed by atoms with Crippen LogP contribution in [-0.2, 0) is 21.2 Å². The van der Waals surface area contributed by atoms with E-state index in [4.69, 9.17) is 0 Å². The van der Waals surface area contributed by atoms with E-state index >= 15 is 0 Å². The number of benzene rings is 2. The minimum atomic E-state index is -3.67. The van der Waals surface area contributed by atoms with Gasteiger partial charge in [-0.15, -0.1) is 0 Å². The number of nitrogens with one attached hydrogen (secondary N) is 1. The fourth-order valence-electron chi connectivity index (χ4n) is 3.66. The van der Waals surface area contributed by atoms with Crippen LogP contribution < -0.4 is 9.62 Å². The largest absolute Gasteiger partial charge is 0.312 e. The van der Waals surface area contributed by atoms with Crippen molar-refractivity contribution in [2.75, 3.05) is 11.4 Å². The van der Waals surface area contributed by atoms with Gasteiger partial charge in [0.15, 0.2) is 0 Å². The van der Waals surface area contributed by atoms with Crippen LogP contribution in [0.3, 0.4) is 0 Å². The van der Waals surface area contributed by atoms with Crippen LogP contribution in [0.1, 0.15) is 50.8 Å². The summed E-state index contributed by atoms with van der Waals surface area (Å²) in [5.41, 5.74) is 2.69. The highest BCUT2D eigenvalue weighted by molar-refractivity contribution is 7.89. The fourth-order valence-corrected chi connectivity index (χ4v) is 4.95. The first-order valence-electron chi connectivity index (χ1n) is 9.82. The molecule has 1 heterocycles. The third-order valence-electron chi connectivity index (χ3n) is 5.07. The fraction of sp³-hybridized carbons (Fsp3) is 0.409. The van der Waals surface area contributed by atoms with Gasteiger partial charge in [-0.2, -0.15) is 0 Å². The van der Waals surface area contributed by atoms with Gasteiger partial charge in [0.1, 0.15) is 0 Å². The number of carbonyl (C=O) groups is 1. The summed E-state index contributed by atoms with van der Waals surface area (Å²) < 4.78 is 29.0. The van der Waals surface area contributed by atoms with Crippen LogP contribution >= 0.6 is 0 Å². The van der Waals surface area contributed by atoms with Gasteiger partial charge in [-0.05, 0) is 48.1 Å². The summed E-state index contributed by atoms with van der Waals surface area (Å²) in [5, 5.41) is 0. The number of nitrogens with zero attached hydrogens (tertiary/aromatic N) is 1. The summed E-state index contributed by atoms with van der Waals surface area (Å²) in [6, 6.07) is 14.4. The molecule has 0 spiro atoms. The van der Waals surface area contributed by atoms with Crippen LogP contribution in [0.15, 0.2) is 53.4 Å². The lowest BCUT2D eigenvalue weighted by molar-refractivity contribution is -0.118. The molecule has 1 aliphatic heterocycles. The van der Waals surface area contributed by atoms with Crippen molar-refractivity contribution in [1.82, 2.24) is 4.72 Å². The number of anilines is 1. The zero-order valence-corrected chi connectivity index (χ0v) is 17.5.